The molecule has 0 bridgehead atoms. The number of benzene rings is 2. The molecule has 224 valence electrons. The lowest BCUT2D eigenvalue weighted by Gasteiger charge is -2.33. The van der Waals surface area contributed by atoms with Gasteiger partial charge in [0.15, 0.2) is 6.61 Å². The van der Waals surface area contributed by atoms with Crippen molar-refractivity contribution in [2.45, 2.75) is 50.4 Å². The highest BCUT2D eigenvalue weighted by Crippen LogP contribution is 2.40. The summed E-state index contributed by atoms with van der Waals surface area (Å²) in [7, 11) is 1.65. The minimum atomic E-state index is -4.37. The van der Waals surface area contributed by atoms with Crippen molar-refractivity contribution in [1.82, 2.24) is 4.90 Å². The molecule has 4 rings (SSSR count). The zero-order valence-electron chi connectivity index (χ0n) is 24.3. The maximum atomic E-state index is 13.6. The first kappa shape index (κ1) is 31.8. The highest BCUT2D eigenvalue weighted by Gasteiger charge is 2.31. The molecule has 11 heteroatoms. The number of nitrogens with zero attached hydrogens (tertiary/aromatic N) is 2. The fraction of sp³-hybridized carbons (Fsp3) is 0.452. The van der Waals surface area contributed by atoms with Gasteiger partial charge in [-0.25, -0.2) is 0 Å². The molecule has 0 amide bonds. The molecule has 0 aliphatic heterocycles. The van der Waals surface area contributed by atoms with Crippen LogP contribution < -0.4 is 20.7 Å². The van der Waals surface area contributed by atoms with E-state index in [9.17, 15) is 17.7 Å². The van der Waals surface area contributed by atoms with Crippen molar-refractivity contribution in [3.63, 3.8) is 0 Å². The average molecular weight is 617 g/mol. The molecule has 0 saturated heterocycles. The lowest BCUT2D eigenvalue weighted by molar-refractivity contribution is -0.126. The van der Waals surface area contributed by atoms with Gasteiger partial charge in [-0.3, -0.25) is 0 Å². The molecule has 1 aliphatic rings. The Labute approximate surface area is 249 Å². The number of halogens is 3. The van der Waals surface area contributed by atoms with Gasteiger partial charge in [-0.2, -0.15) is 18.4 Å². The van der Waals surface area contributed by atoms with E-state index in [1.54, 1.807) is 43.7 Å². The molecular formula is C31H36F3N4O2PS. The second-order valence-corrected chi connectivity index (χ2v) is 15.4. The predicted octanol–water partition coefficient (Wildman–Crippen LogP) is 6.90. The van der Waals surface area contributed by atoms with E-state index in [-0.39, 0.29) is 24.8 Å². The summed E-state index contributed by atoms with van der Waals surface area (Å²) >= 11 is 1.29. The molecular weight excluding hydrogens is 580 g/mol. The summed E-state index contributed by atoms with van der Waals surface area (Å²) in [4.78, 5) is 2.65. The van der Waals surface area contributed by atoms with E-state index in [2.05, 4.69) is 41.5 Å². The first-order valence-electron chi connectivity index (χ1n) is 13.8. The third-order valence-electron chi connectivity index (χ3n) is 7.43. The number of hydrogen-bond donors (Lipinski definition) is 2. The summed E-state index contributed by atoms with van der Waals surface area (Å²) < 4.78 is 59.7. The van der Waals surface area contributed by atoms with E-state index in [1.165, 1.54) is 11.3 Å². The van der Waals surface area contributed by atoms with Gasteiger partial charge in [-0.05, 0) is 88.3 Å². The Morgan fingerprint density at radius 1 is 1.12 bits per heavy atom. The Morgan fingerprint density at radius 3 is 2.50 bits per heavy atom. The van der Waals surface area contributed by atoms with Gasteiger partial charge in [0.1, 0.15) is 19.0 Å². The largest absolute Gasteiger partial charge is 0.477 e. The van der Waals surface area contributed by atoms with Crippen LogP contribution in [0.25, 0.3) is 10.1 Å². The summed E-state index contributed by atoms with van der Waals surface area (Å²) in [5.41, 5.74) is 1.60. The fourth-order valence-electron chi connectivity index (χ4n) is 5.20. The first-order valence-corrected chi connectivity index (χ1v) is 17.2. The number of nitrogens with one attached hydrogen (secondary N) is 2. The fourth-order valence-corrected chi connectivity index (χ4v) is 7.24. The molecule has 0 atom stereocenters. The zero-order valence-corrected chi connectivity index (χ0v) is 26.0. The summed E-state index contributed by atoms with van der Waals surface area (Å²) in [6.07, 6.45) is -1.25. The van der Waals surface area contributed by atoms with Gasteiger partial charge in [0.05, 0.1) is 33.9 Å². The summed E-state index contributed by atoms with van der Waals surface area (Å²) in [5.74, 6) is 6.31. The van der Waals surface area contributed by atoms with E-state index in [0.29, 0.717) is 33.0 Å². The predicted molar refractivity (Wildman–Crippen MR) is 167 cm³/mol. The van der Waals surface area contributed by atoms with E-state index in [0.717, 1.165) is 36.1 Å². The molecule has 1 saturated carbocycles. The van der Waals surface area contributed by atoms with Crippen LogP contribution in [0, 0.1) is 23.2 Å². The van der Waals surface area contributed by atoms with Crippen molar-refractivity contribution in [3.05, 3.63) is 46.8 Å². The second kappa shape index (κ2) is 13.4. The molecule has 2 aromatic carbocycles. The molecule has 0 spiro atoms. The molecule has 0 radical (unpaired) electrons. The number of hydrogen-bond acceptors (Lipinski definition) is 7. The van der Waals surface area contributed by atoms with Gasteiger partial charge in [-0.15, -0.1) is 11.3 Å². The van der Waals surface area contributed by atoms with E-state index in [4.69, 9.17) is 10.00 Å². The lowest BCUT2D eigenvalue weighted by atomic mass is 9.90. The monoisotopic (exact) mass is 616 g/mol. The van der Waals surface area contributed by atoms with Crippen LogP contribution in [0.15, 0.2) is 36.4 Å². The standard InChI is InChI=1S/C31H36F3N4O2PS/c1-38(2)22-12-10-21(11-13-22)37-27-8-5-7-24-25(20-31(32,33)34)29(42-30(24)27)9-6-17-36-26-15-14-23(41(3,4)39)19-28(26)40-18-16-35/h5,7-8,14-15,19,21-22,36-37H,10-13,17-18,20H2,1-4H3. The molecule has 2 N–H and O–H groups in total. The van der Waals surface area contributed by atoms with Gasteiger partial charge in [0.2, 0.25) is 0 Å². The van der Waals surface area contributed by atoms with Gasteiger partial charge in [-0.1, -0.05) is 24.0 Å². The topological polar surface area (TPSA) is 77.4 Å². The minimum Gasteiger partial charge on any atom is -0.477 e. The number of rotatable bonds is 9. The molecule has 0 unspecified atom stereocenters. The molecule has 1 heterocycles. The van der Waals surface area contributed by atoms with Gasteiger partial charge >= 0.3 is 6.18 Å². The Bertz CT molecular complexity index is 1550. The van der Waals surface area contributed by atoms with E-state index < -0.39 is 19.7 Å². The summed E-state index contributed by atoms with van der Waals surface area (Å²) in [5, 5.41) is 16.9. The number of thiophene rings is 1. The van der Waals surface area contributed by atoms with Gasteiger partial charge < -0.3 is 24.8 Å². The Kier molecular flexibility index (Phi) is 10.1. The SMILES string of the molecule is CN(C)C1CCC(Nc2cccc3c(CC(F)(F)F)c(C#CCNc4ccc(P(C)(C)=O)cc4OCC#N)sc23)CC1. The number of alkyl halides is 3. The number of ether oxygens (including phenoxy) is 1. The van der Waals surface area contributed by atoms with Crippen LogP contribution in [-0.4, -0.2) is 63.7 Å². The van der Waals surface area contributed by atoms with Crippen LogP contribution in [0.5, 0.6) is 5.75 Å². The zero-order chi connectivity index (χ0) is 30.5. The van der Waals surface area contributed by atoms with Crippen LogP contribution in [0.1, 0.15) is 36.1 Å². The maximum Gasteiger partial charge on any atom is 0.393 e. The minimum absolute atomic E-state index is 0.137. The van der Waals surface area contributed by atoms with Crippen molar-refractivity contribution in [2.75, 3.05) is 51.2 Å². The van der Waals surface area contributed by atoms with E-state index >= 15 is 0 Å². The third-order valence-corrected chi connectivity index (χ3v) is 10.1. The molecule has 6 nitrogen and oxygen atoms in total. The van der Waals surface area contributed by atoms with Gasteiger partial charge in [0.25, 0.3) is 0 Å². The Balaban J connectivity index is 1.57. The maximum absolute atomic E-state index is 13.6. The quantitative estimate of drug-likeness (QED) is 0.201. The van der Waals surface area contributed by atoms with Gasteiger partial charge in [0, 0.05) is 17.4 Å². The molecule has 42 heavy (non-hydrogen) atoms. The highest BCUT2D eigenvalue weighted by molar-refractivity contribution is 7.70. The van der Waals surface area contributed by atoms with Crippen molar-refractivity contribution in [2.24, 2.45) is 0 Å². The molecule has 3 aromatic rings. The van der Waals surface area contributed by atoms with Crippen molar-refractivity contribution < 1.29 is 22.5 Å². The van der Waals surface area contributed by atoms with Crippen LogP contribution in [0.4, 0.5) is 24.5 Å². The van der Waals surface area contributed by atoms with Crippen molar-refractivity contribution >= 4 is 45.2 Å². The van der Waals surface area contributed by atoms with Crippen LogP contribution in [0.3, 0.4) is 0 Å². The van der Waals surface area contributed by atoms with Crippen molar-refractivity contribution in [3.8, 4) is 23.7 Å². The van der Waals surface area contributed by atoms with Crippen LogP contribution >= 0.6 is 18.5 Å². The molecule has 1 aliphatic carbocycles. The number of fused-ring (bicyclic) bond motifs is 1. The van der Waals surface area contributed by atoms with Crippen molar-refractivity contribution in [1.29, 1.82) is 5.26 Å². The normalized spacial score (nSPS) is 17.4. The first-order chi connectivity index (χ1) is 19.9. The summed E-state index contributed by atoms with van der Waals surface area (Å²) in [6.45, 7) is 3.25. The van der Waals surface area contributed by atoms with E-state index in [1.807, 2.05) is 12.1 Å². The third kappa shape index (κ3) is 8.22. The Hall–Kier alpha value is -3.17. The smallest absolute Gasteiger partial charge is 0.393 e. The second-order valence-electron chi connectivity index (χ2n) is 11.1. The molecule has 1 aromatic heterocycles. The summed E-state index contributed by atoms with van der Waals surface area (Å²) in [6, 6.07) is 13.3. The Morgan fingerprint density at radius 2 is 1.86 bits per heavy atom. The average Bonchev–Trinajstić information content (AvgIpc) is 3.26. The lowest BCUT2D eigenvalue weighted by Crippen LogP contribution is -2.36. The number of anilines is 2. The highest BCUT2D eigenvalue weighted by atomic mass is 32.1. The number of nitriles is 1. The van der Waals surface area contributed by atoms with Crippen LogP contribution in [0.2, 0.25) is 0 Å². The van der Waals surface area contributed by atoms with Crippen LogP contribution in [-0.2, 0) is 11.0 Å². The molecule has 1 fully saturated rings.